The minimum absolute atomic E-state index is 0.0111. The number of nitrogens with one attached hydrogen (secondary N) is 1. The monoisotopic (exact) mass is 286 g/mol. The number of hydrogen-bond donors (Lipinski definition) is 1. The Bertz CT molecular complexity index is 470. The number of amides is 2. The highest BCUT2D eigenvalue weighted by Crippen LogP contribution is 2.23. The van der Waals surface area contributed by atoms with Gasteiger partial charge < -0.3 is 15.0 Å². The Morgan fingerprint density at radius 3 is 3.11 bits per heavy atom. The molecule has 1 aromatic carbocycles. The lowest BCUT2D eigenvalue weighted by Gasteiger charge is -2.22. The van der Waals surface area contributed by atoms with Crippen molar-refractivity contribution in [1.29, 1.82) is 0 Å². The number of carbonyl (C=O) groups is 1. The first-order valence-electron chi connectivity index (χ1n) is 6.19. The van der Waals surface area contributed by atoms with Gasteiger partial charge in [0.1, 0.15) is 5.82 Å². The Morgan fingerprint density at radius 2 is 2.37 bits per heavy atom. The Morgan fingerprint density at radius 1 is 1.58 bits per heavy atom. The molecule has 0 aliphatic carbocycles. The number of anilines is 1. The molecule has 1 fully saturated rings. The second kappa shape index (κ2) is 6.21. The molecule has 0 bridgehead atoms. The summed E-state index contributed by atoms with van der Waals surface area (Å²) in [6.07, 6.45) is 0.812. The summed E-state index contributed by atoms with van der Waals surface area (Å²) in [4.78, 5) is 13.8. The molecule has 104 valence electrons. The first-order chi connectivity index (χ1) is 9.06. The van der Waals surface area contributed by atoms with Crippen LogP contribution in [0.1, 0.15) is 13.3 Å². The van der Waals surface area contributed by atoms with E-state index in [2.05, 4.69) is 5.32 Å². The standard InChI is InChI=1S/C13H16ClFN2O2/c1-9-8-17(5-2-6-19-9)13(18)16-12-4-3-10(15)7-11(12)14/h3-4,7,9H,2,5-6,8H2,1H3,(H,16,18)/t9-/m1/s1. The van der Waals surface area contributed by atoms with Crippen molar-refractivity contribution >= 4 is 23.3 Å². The van der Waals surface area contributed by atoms with Gasteiger partial charge in [-0.05, 0) is 31.5 Å². The molecule has 4 nitrogen and oxygen atoms in total. The molecule has 1 heterocycles. The number of hydrogen-bond acceptors (Lipinski definition) is 2. The molecule has 0 saturated carbocycles. The molecule has 0 radical (unpaired) electrons. The number of carbonyl (C=O) groups excluding carboxylic acids is 1. The van der Waals surface area contributed by atoms with Gasteiger partial charge in [-0.2, -0.15) is 0 Å². The van der Waals surface area contributed by atoms with Gasteiger partial charge in [-0.1, -0.05) is 11.6 Å². The maximum absolute atomic E-state index is 12.9. The lowest BCUT2D eigenvalue weighted by atomic mass is 10.3. The van der Waals surface area contributed by atoms with Crippen LogP contribution in [0, 0.1) is 5.82 Å². The quantitative estimate of drug-likeness (QED) is 0.862. The van der Waals surface area contributed by atoms with E-state index in [-0.39, 0.29) is 17.2 Å². The average molecular weight is 287 g/mol. The van der Waals surface area contributed by atoms with E-state index in [9.17, 15) is 9.18 Å². The Kier molecular flexibility index (Phi) is 4.61. The molecule has 0 aromatic heterocycles. The fourth-order valence-corrected chi connectivity index (χ4v) is 2.18. The minimum atomic E-state index is -0.431. The average Bonchev–Trinajstić information content (AvgIpc) is 2.57. The zero-order chi connectivity index (χ0) is 13.8. The highest BCUT2D eigenvalue weighted by atomic mass is 35.5. The number of ether oxygens (including phenoxy) is 1. The van der Waals surface area contributed by atoms with Crippen LogP contribution in [0.5, 0.6) is 0 Å². The summed E-state index contributed by atoms with van der Waals surface area (Å²) in [5, 5.41) is 2.88. The molecular weight excluding hydrogens is 271 g/mol. The van der Waals surface area contributed by atoms with Crippen LogP contribution in [0.15, 0.2) is 18.2 Å². The number of benzene rings is 1. The molecule has 2 amide bonds. The first kappa shape index (κ1) is 14.1. The Balaban J connectivity index is 2.03. The van der Waals surface area contributed by atoms with Crippen molar-refractivity contribution in [3.63, 3.8) is 0 Å². The largest absolute Gasteiger partial charge is 0.377 e. The number of rotatable bonds is 1. The fourth-order valence-electron chi connectivity index (χ4n) is 1.96. The van der Waals surface area contributed by atoms with Crippen molar-refractivity contribution in [3.05, 3.63) is 29.0 Å². The van der Waals surface area contributed by atoms with Crippen LogP contribution in [0.4, 0.5) is 14.9 Å². The van der Waals surface area contributed by atoms with Gasteiger partial charge in [0.15, 0.2) is 0 Å². The van der Waals surface area contributed by atoms with E-state index >= 15 is 0 Å². The van der Waals surface area contributed by atoms with E-state index in [1.165, 1.54) is 18.2 Å². The van der Waals surface area contributed by atoms with Crippen molar-refractivity contribution in [2.45, 2.75) is 19.4 Å². The molecule has 6 heteroatoms. The van der Waals surface area contributed by atoms with Gasteiger partial charge in [0, 0.05) is 19.7 Å². The van der Waals surface area contributed by atoms with E-state index < -0.39 is 5.82 Å². The summed E-state index contributed by atoms with van der Waals surface area (Å²) in [6.45, 7) is 3.75. The van der Waals surface area contributed by atoms with Crippen LogP contribution in [0.3, 0.4) is 0 Å². The van der Waals surface area contributed by atoms with E-state index in [4.69, 9.17) is 16.3 Å². The van der Waals surface area contributed by atoms with Crippen LogP contribution < -0.4 is 5.32 Å². The zero-order valence-electron chi connectivity index (χ0n) is 10.7. The zero-order valence-corrected chi connectivity index (χ0v) is 11.4. The van der Waals surface area contributed by atoms with Crippen LogP contribution in [-0.2, 0) is 4.74 Å². The molecule has 1 aliphatic heterocycles. The highest BCUT2D eigenvalue weighted by Gasteiger charge is 2.20. The molecule has 1 atom stereocenters. The van der Waals surface area contributed by atoms with E-state index in [0.717, 1.165) is 6.42 Å². The highest BCUT2D eigenvalue weighted by molar-refractivity contribution is 6.33. The van der Waals surface area contributed by atoms with Crippen LogP contribution in [-0.4, -0.2) is 36.7 Å². The van der Waals surface area contributed by atoms with Gasteiger partial charge in [0.05, 0.1) is 16.8 Å². The summed E-state index contributed by atoms with van der Waals surface area (Å²) < 4.78 is 18.4. The lowest BCUT2D eigenvalue weighted by molar-refractivity contribution is 0.0718. The second-order valence-electron chi connectivity index (χ2n) is 4.54. The van der Waals surface area contributed by atoms with Gasteiger partial charge in [0.25, 0.3) is 0 Å². The van der Waals surface area contributed by atoms with Gasteiger partial charge >= 0.3 is 6.03 Å². The normalized spacial score (nSPS) is 19.9. The molecular formula is C13H16ClFN2O2. The molecule has 0 spiro atoms. The topological polar surface area (TPSA) is 41.6 Å². The molecule has 1 saturated heterocycles. The third kappa shape index (κ3) is 3.81. The predicted octanol–water partition coefficient (Wildman–Crippen LogP) is 3.12. The second-order valence-corrected chi connectivity index (χ2v) is 4.94. The molecule has 1 aromatic rings. The maximum atomic E-state index is 12.9. The molecule has 2 rings (SSSR count). The van der Waals surface area contributed by atoms with Crippen LogP contribution in [0.25, 0.3) is 0 Å². The summed E-state index contributed by atoms with van der Waals surface area (Å²) in [5.74, 6) is -0.431. The first-order valence-corrected chi connectivity index (χ1v) is 6.56. The molecule has 19 heavy (non-hydrogen) atoms. The number of urea groups is 1. The van der Waals surface area contributed by atoms with E-state index in [0.29, 0.717) is 25.4 Å². The van der Waals surface area contributed by atoms with E-state index in [1.54, 1.807) is 4.90 Å². The van der Waals surface area contributed by atoms with Crippen molar-refractivity contribution in [2.75, 3.05) is 25.0 Å². The van der Waals surface area contributed by atoms with Crippen molar-refractivity contribution in [3.8, 4) is 0 Å². The Labute approximate surface area is 116 Å². The van der Waals surface area contributed by atoms with E-state index in [1.807, 2.05) is 6.92 Å². The van der Waals surface area contributed by atoms with Gasteiger partial charge in [0.2, 0.25) is 0 Å². The predicted molar refractivity (Wildman–Crippen MR) is 72.0 cm³/mol. The smallest absolute Gasteiger partial charge is 0.321 e. The minimum Gasteiger partial charge on any atom is -0.377 e. The molecule has 1 N–H and O–H groups in total. The summed E-state index contributed by atoms with van der Waals surface area (Å²) >= 11 is 5.88. The number of nitrogens with zero attached hydrogens (tertiary/aromatic N) is 1. The third-order valence-corrected chi connectivity index (χ3v) is 3.22. The Hall–Kier alpha value is -1.33. The summed E-state index contributed by atoms with van der Waals surface area (Å²) in [6, 6.07) is 3.64. The maximum Gasteiger partial charge on any atom is 0.321 e. The summed E-state index contributed by atoms with van der Waals surface area (Å²) in [5.41, 5.74) is 0.408. The SMILES string of the molecule is C[C@@H]1CN(C(=O)Nc2ccc(F)cc2Cl)CCCO1. The number of halogens is 2. The van der Waals surface area contributed by atoms with Gasteiger partial charge in [-0.3, -0.25) is 0 Å². The van der Waals surface area contributed by atoms with Gasteiger partial charge in [-0.25, -0.2) is 9.18 Å². The van der Waals surface area contributed by atoms with Gasteiger partial charge in [-0.15, -0.1) is 0 Å². The van der Waals surface area contributed by atoms with Crippen LogP contribution in [0.2, 0.25) is 5.02 Å². The van der Waals surface area contributed by atoms with Crippen molar-refractivity contribution < 1.29 is 13.9 Å². The van der Waals surface area contributed by atoms with Crippen molar-refractivity contribution in [1.82, 2.24) is 4.90 Å². The third-order valence-electron chi connectivity index (χ3n) is 2.91. The van der Waals surface area contributed by atoms with Crippen LogP contribution >= 0.6 is 11.6 Å². The summed E-state index contributed by atoms with van der Waals surface area (Å²) in [7, 11) is 0. The lowest BCUT2D eigenvalue weighted by Crippen LogP contribution is -2.38. The fraction of sp³-hybridized carbons (Fsp3) is 0.462. The molecule has 0 unspecified atom stereocenters. The molecule has 1 aliphatic rings. The van der Waals surface area contributed by atoms with Crippen molar-refractivity contribution in [2.24, 2.45) is 0 Å².